The molecule has 0 aromatic carbocycles. The maximum atomic E-state index is 12.2. The van der Waals surface area contributed by atoms with E-state index >= 15 is 0 Å². The highest BCUT2D eigenvalue weighted by Crippen LogP contribution is 2.28. The molecule has 0 aromatic heterocycles. The van der Waals surface area contributed by atoms with Crippen LogP contribution in [-0.2, 0) is 4.79 Å². The highest BCUT2D eigenvalue weighted by atomic mass is 16.2. The summed E-state index contributed by atoms with van der Waals surface area (Å²) in [4.78, 5) is 14.0. The number of nitrogens with zero attached hydrogens (tertiary/aromatic N) is 2. The average molecular weight is 222 g/mol. The van der Waals surface area contributed by atoms with Crippen LogP contribution in [0, 0.1) is 16.7 Å². The van der Waals surface area contributed by atoms with Gasteiger partial charge in [0.25, 0.3) is 0 Å². The van der Waals surface area contributed by atoms with E-state index in [2.05, 4.69) is 6.07 Å². The summed E-state index contributed by atoms with van der Waals surface area (Å²) in [6.45, 7) is 3.64. The van der Waals surface area contributed by atoms with Crippen LogP contribution in [0.15, 0.2) is 0 Å². The Morgan fingerprint density at radius 2 is 2.00 bits per heavy atom. The Labute approximate surface area is 98.4 Å². The summed E-state index contributed by atoms with van der Waals surface area (Å²) in [5.74, 6) is -0.00981. The quantitative estimate of drug-likeness (QED) is 0.737. The first-order valence-electron chi connectivity index (χ1n) is 6.23. The molecule has 1 atom stereocenters. The van der Waals surface area contributed by atoms with Gasteiger partial charge in [-0.3, -0.25) is 4.79 Å². The van der Waals surface area contributed by atoms with E-state index < -0.39 is 5.41 Å². The standard InChI is InChI=1S/C13H22N2O/c1-4-13(2,10-14)12(16)15(3)11-8-6-5-7-9-11/h11H,4-9H2,1-3H3. The Hall–Kier alpha value is -1.04. The summed E-state index contributed by atoms with van der Waals surface area (Å²) >= 11 is 0. The minimum atomic E-state index is -0.841. The highest BCUT2D eigenvalue weighted by Gasteiger charge is 2.36. The normalized spacial score (nSPS) is 20.9. The van der Waals surface area contributed by atoms with E-state index in [0.29, 0.717) is 12.5 Å². The van der Waals surface area contributed by atoms with E-state index in [4.69, 9.17) is 5.26 Å². The van der Waals surface area contributed by atoms with Crippen LogP contribution in [0.2, 0.25) is 0 Å². The minimum Gasteiger partial charge on any atom is -0.341 e. The Morgan fingerprint density at radius 3 is 2.44 bits per heavy atom. The van der Waals surface area contributed by atoms with Gasteiger partial charge in [-0.1, -0.05) is 26.2 Å². The number of carbonyl (C=O) groups excluding carboxylic acids is 1. The summed E-state index contributed by atoms with van der Waals surface area (Å²) in [5, 5.41) is 9.11. The molecule has 1 aliphatic rings. The number of hydrogen-bond donors (Lipinski definition) is 0. The predicted molar refractivity (Wildman–Crippen MR) is 63.7 cm³/mol. The van der Waals surface area contributed by atoms with E-state index in [0.717, 1.165) is 12.8 Å². The lowest BCUT2D eigenvalue weighted by Crippen LogP contribution is -2.45. The molecule has 0 N–H and O–H groups in total. The van der Waals surface area contributed by atoms with Gasteiger partial charge in [-0.05, 0) is 26.2 Å². The van der Waals surface area contributed by atoms with Gasteiger partial charge in [-0.15, -0.1) is 0 Å². The second-order valence-corrected chi connectivity index (χ2v) is 5.01. The lowest BCUT2D eigenvalue weighted by molar-refractivity contribution is -0.139. The van der Waals surface area contributed by atoms with Crippen molar-refractivity contribution < 1.29 is 4.79 Å². The molecule has 1 unspecified atom stereocenters. The zero-order valence-corrected chi connectivity index (χ0v) is 10.6. The van der Waals surface area contributed by atoms with Crippen LogP contribution in [0.1, 0.15) is 52.4 Å². The largest absolute Gasteiger partial charge is 0.341 e. The fraction of sp³-hybridized carbons (Fsp3) is 0.846. The Morgan fingerprint density at radius 1 is 1.44 bits per heavy atom. The molecule has 3 nitrogen and oxygen atoms in total. The molecule has 0 saturated heterocycles. The number of amides is 1. The maximum Gasteiger partial charge on any atom is 0.242 e. The average Bonchev–Trinajstić information content (AvgIpc) is 2.37. The van der Waals surface area contributed by atoms with Crippen LogP contribution < -0.4 is 0 Å². The molecular formula is C13H22N2O. The molecular weight excluding hydrogens is 200 g/mol. The van der Waals surface area contributed by atoms with Crippen molar-refractivity contribution in [2.75, 3.05) is 7.05 Å². The summed E-state index contributed by atoms with van der Waals surface area (Å²) in [6, 6.07) is 2.50. The second kappa shape index (κ2) is 5.34. The molecule has 1 saturated carbocycles. The van der Waals surface area contributed by atoms with Crippen molar-refractivity contribution in [2.45, 2.75) is 58.4 Å². The number of nitriles is 1. The molecule has 3 heteroatoms. The van der Waals surface area contributed by atoms with E-state index in [-0.39, 0.29) is 5.91 Å². The van der Waals surface area contributed by atoms with Gasteiger partial charge in [0, 0.05) is 13.1 Å². The lowest BCUT2D eigenvalue weighted by atomic mass is 9.86. The van der Waals surface area contributed by atoms with Gasteiger partial charge in [0.2, 0.25) is 5.91 Å². The fourth-order valence-electron chi connectivity index (χ4n) is 2.30. The van der Waals surface area contributed by atoms with E-state index in [9.17, 15) is 4.79 Å². The molecule has 0 heterocycles. The molecule has 16 heavy (non-hydrogen) atoms. The van der Waals surface area contributed by atoms with Gasteiger partial charge >= 0.3 is 0 Å². The molecule has 0 radical (unpaired) electrons. The molecule has 0 bridgehead atoms. The first kappa shape index (κ1) is 13.0. The Balaban J connectivity index is 2.69. The first-order valence-corrected chi connectivity index (χ1v) is 6.23. The summed E-state index contributed by atoms with van der Waals surface area (Å²) < 4.78 is 0. The highest BCUT2D eigenvalue weighted by molar-refractivity contribution is 5.85. The third kappa shape index (κ3) is 2.55. The zero-order chi connectivity index (χ0) is 12.2. The first-order chi connectivity index (χ1) is 7.55. The predicted octanol–water partition coefficient (Wildman–Crippen LogP) is 2.72. The van der Waals surface area contributed by atoms with Crippen LogP contribution in [0.4, 0.5) is 0 Å². The third-order valence-corrected chi connectivity index (χ3v) is 3.87. The molecule has 1 aliphatic carbocycles. The molecule has 90 valence electrons. The molecule has 1 amide bonds. The van der Waals surface area contributed by atoms with Crippen LogP contribution in [0.3, 0.4) is 0 Å². The molecule has 0 aromatic rings. The van der Waals surface area contributed by atoms with Gasteiger partial charge in [0.15, 0.2) is 0 Å². The lowest BCUT2D eigenvalue weighted by Gasteiger charge is -2.35. The van der Waals surface area contributed by atoms with Crippen molar-refractivity contribution >= 4 is 5.91 Å². The van der Waals surface area contributed by atoms with Crippen molar-refractivity contribution in [3.8, 4) is 6.07 Å². The van der Waals surface area contributed by atoms with Crippen molar-refractivity contribution in [3.63, 3.8) is 0 Å². The van der Waals surface area contributed by atoms with Crippen molar-refractivity contribution in [3.05, 3.63) is 0 Å². The summed E-state index contributed by atoms with van der Waals surface area (Å²) in [5.41, 5.74) is -0.841. The second-order valence-electron chi connectivity index (χ2n) is 5.01. The summed E-state index contributed by atoms with van der Waals surface area (Å²) in [7, 11) is 1.85. The van der Waals surface area contributed by atoms with E-state index in [1.54, 1.807) is 6.92 Å². The summed E-state index contributed by atoms with van der Waals surface area (Å²) in [6.07, 6.45) is 6.46. The SMILES string of the molecule is CCC(C)(C#N)C(=O)N(C)C1CCCCC1. The maximum absolute atomic E-state index is 12.2. The number of rotatable bonds is 3. The van der Waals surface area contributed by atoms with E-state index in [1.165, 1.54) is 19.3 Å². The Bertz CT molecular complexity index is 289. The third-order valence-electron chi connectivity index (χ3n) is 3.87. The number of carbonyl (C=O) groups is 1. The molecule has 0 aliphatic heterocycles. The Kier molecular flexibility index (Phi) is 4.35. The van der Waals surface area contributed by atoms with Gasteiger partial charge in [0.05, 0.1) is 6.07 Å². The van der Waals surface area contributed by atoms with Crippen molar-refractivity contribution in [1.29, 1.82) is 5.26 Å². The fourth-order valence-corrected chi connectivity index (χ4v) is 2.30. The van der Waals surface area contributed by atoms with E-state index in [1.807, 2.05) is 18.9 Å². The molecule has 1 fully saturated rings. The number of hydrogen-bond acceptors (Lipinski definition) is 2. The van der Waals surface area contributed by atoms with Crippen LogP contribution in [0.25, 0.3) is 0 Å². The minimum absolute atomic E-state index is 0.00981. The zero-order valence-electron chi connectivity index (χ0n) is 10.6. The van der Waals surface area contributed by atoms with Gasteiger partial charge in [0.1, 0.15) is 5.41 Å². The van der Waals surface area contributed by atoms with Crippen molar-refractivity contribution in [2.24, 2.45) is 5.41 Å². The van der Waals surface area contributed by atoms with Crippen LogP contribution in [0.5, 0.6) is 0 Å². The monoisotopic (exact) mass is 222 g/mol. The van der Waals surface area contributed by atoms with Gasteiger partial charge < -0.3 is 4.90 Å². The molecule has 1 rings (SSSR count). The smallest absolute Gasteiger partial charge is 0.242 e. The van der Waals surface area contributed by atoms with Gasteiger partial charge in [-0.2, -0.15) is 5.26 Å². The molecule has 0 spiro atoms. The van der Waals surface area contributed by atoms with Crippen LogP contribution >= 0.6 is 0 Å². The van der Waals surface area contributed by atoms with Gasteiger partial charge in [-0.25, -0.2) is 0 Å². The topological polar surface area (TPSA) is 44.1 Å². The van der Waals surface area contributed by atoms with Crippen molar-refractivity contribution in [1.82, 2.24) is 4.90 Å². The van der Waals surface area contributed by atoms with Crippen LogP contribution in [-0.4, -0.2) is 23.9 Å².